The Morgan fingerprint density at radius 2 is 1.03 bits per heavy atom. The van der Waals surface area contributed by atoms with Gasteiger partial charge in [-0.15, -0.1) is 0 Å². The van der Waals surface area contributed by atoms with Crippen molar-refractivity contribution in [1.82, 2.24) is 16.0 Å². The van der Waals surface area contributed by atoms with Gasteiger partial charge >= 0.3 is 0 Å². The van der Waals surface area contributed by atoms with Crippen LogP contribution in [0.5, 0.6) is 0 Å². The van der Waals surface area contributed by atoms with Crippen molar-refractivity contribution in [3.05, 3.63) is 0 Å². The molecule has 0 aromatic carbocycles. The fraction of sp³-hybridized carbons (Fsp3) is 0.773. The molecule has 0 aliphatic heterocycles. The molecular weight excluding hydrogens is 826 g/mol. The fourth-order valence-electron chi connectivity index (χ4n) is 5.97. The Bertz CT molecular complexity index is 1440. The Kier molecular flexibility index (Phi) is 34.8. The van der Waals surface area contributed by atoms with E-state index in [0.29, 0.717) is 32.8 Å². The number of ether oxygens (including phenoxy) is 6. The van der Waals surface area contributed by atoms with Gasteiger partial charge in [0, 0.05) is 83.6 Å². The van der Waals surface area contributed by atoms with Gasteiger partial charge in [-0.1, -0.05) is 0 Å². The zero-order valence-electron chi connectivity index (χ0n) is 38.3. The van der Waals surface area contributed by atoms with Gasteiger partial charge in [0.1, 0.15) is 48.2 Å². The highest BCUT2D eigenvalue weighted by atomic mass is 16.5. The van der Waals surface area contributed by atoms with Crippen molar-refractivity contribution in [2.45, 2.75) is 124 Å². The molecule has 3 N–H and O–H groups in total. The summed E-state index contributed by atoms with van der Waals surface area (Å²) in [4.78, 5) is 124. The number of rotatable bonds is 43. The topological polar surface area (TPSA) is 262 Å². The molecule has 0 aromatic heterocycles. The summed E-state index contributed by atoms with van der Waals surface area (Å²) in [5.74, 6) is -4.77. The number of Topliss-reactive ketones (excluding diaryl/α,β-unsaturated/α-hetero) is 7. The summed E-state index contributed by atoms with van der Waals surface area (Å²) in [6, 6.07) is -2.23. The Morgan fingerprint density at radius 1 is 0.476 bits per heavy atom. The van der Waals surface area contributed by atoms with Crippen molar-refractivity contribution >= 4 is 58.2 Å². The van der Waals surface area contributed by atoms with E-state index in [2.05, 4.69) is 16.0 Å². The van der Waals surface area contributed by atoms with Crippen LogP contribution in [0.2, 0.25) is 0 Å². The van der Waals surface area contributed by atoms with E-state index in [9.17, 15) is 47.9 Å². The molecule has 3 amide bonds. The summed E-state index contributed by atoms with van der Waals surface area (Å²) >= 11 is 0. The van der Waals surface area contributed by atoms with Gasteiger partial charge in [-0.05, 0) is 66.7 Å². The highest BCUT2D eigenvalue weighted by Gasteiger charge is 2.28. The molecule has 19 heteroatoms. The van der Waals surface area contributed by atoms with Gasteiger partial charge in [0.15, 0.2) is 11.6 Å². The second-order valence-corrected chi connectivity index (χ2v) is 15.3. The SMILES string of the molecule is CCOCCOCC(=O)CC(CCC(=O)CCCOCCOCC(=O)NC(CCC(=O)CC(CCC(C)=O)C(C)=O)C(=O)NC(CCC(C)=O)C(C)=O)C(=O)NCCOCCOC. The van der Waals surface area contributed by atoms with E-state index in [-0.39, 0.29) is 157 Å². The predicted molar refractivity (Wildman–Crippen MR) is 229 cm³/mol. The standard InChI is InChI=1S/C44H73N3O16/c1-7-59-23-25-62-29-39(54)28-36(43(56)45-18-20-61-22-21-58-6)13-14-37(52)9-8-19-60-24-26-63-30-42(55)46-41(44(57)47-40(34(5)51)16-11-32(3)49)17-15-38(53)27-35(33(4)50)12-10-31(2)48/h35-36,40-41H,7-30H2,1-6H3,(H,45,56)(H,46,55)(H,47,57). The van der Waals surface area contributed by atoms with Crippen molar-refractivity contribution in [3.8, 4) is 0 Å². The largest absolute Gasteiger partial charge is 0.382 e. The van der Waals surface area contributed by atoms with Gasteiger partial charge in [-0.2, -0.15) is 0 Å². The third-order valence-corrected chi connectivity index (χ3v) is 9.63. The average molecular weight is 900 g/mol. The summed E-state index contributed by atoms with van der Waals surface area (Å²) in [5.41, 5.74) is 0. The first kappa shape index (κ1) is 58.9. The van der Waals surface area contributed by atoms with Crippen LogP contribution >= 0.6 is 0 Å². The lowest BCUT2D eigenvalue weighted by Gasteiger charge is -2.22. The Balaban J connectivity index is 4.99. The van der Waals surface area contributed by atoms with Crippen LogP contribution in [0.4, 0.5) is 0 Å². The minimum absolute atomic E-state index is 0.00153. The molecule has 0 saturated heterocycles. The predicted octanol–water partition coefficient (Wildman–Crippen LogP) is 1.80. The summed E-state index contributed by atoms with van der Waals surface area (Å²) in [6.45, 7) is 9.28. The number of nitrogens with one attached hydrogen (secondary N) is 3. The van der Waals surface area contributed by atoms with Gasteiger partial charge in [0.2, 0.25) is 17.7 Å². The minimum Gasteiger partial charge on any atom is -0.382 e. The first-order valence-electron chi connectivity index (χ1n) is 21.8. The molecule has 0 fully saturated rings. The number of carbonyl (C=O) groups excluding carboxylic acids is 10. The molecule has 19 nitrogen and oxygen atoms in total. The van der Waals surface area contributed by atoms with Crippen molar-refractivity contribution in [2.75, 3.05) is 86.3 Å². The van der Waals surface area contributed by atoms with E-state index in [1.807, 2.05) is 6.92 Å². The molecule has 0 aromatic rings. The van der Waals surface area contributed by atoms with Crippen LogP contribution in [0.25, 0.3) is 0 Å². The van der Waals surface area contributed by atoms with Crippen LogP contribution in [-0.4, -0.2) is 157 Å². The highest BCUT2D eigenvalue weighted by Crippen LogP contribution is 2.17. The van der Waals surface area contributed by atoms with Crippen molar-refractivity contribution in [3.63, 3.8) is 0 Å². The molecule has 0 spiro atoms. The summed E-state index contributed by atoms with van der Waals surface area (Å²) in [6.07, 6.45) is 0.765. The molecule has 0 aliphatic rings. The average Bonchev–Trinajstić information content (AvgIpc) is 3.22. The van der Waals surface area contributed by atoms with E-state index >= 15 is 0 Å². The van der Waals surface area contributed by atoms with E-state index in [4.69, 9.17) is 28.4 Å². The second-order valence-electron chi connectivity index (χ2n) is 15.3. The zero-order chi connectivity index (χ0) is 47.4. The van der Waals surface area contributed by atoms with Gasteiger partial charge in [0.05, 0.1) is 52.3 Å². The van der Waals surface area contributed by atoms with Crippen molar-refractivity contribution in [1.29, 1.82) is 0 Å². The zero-order valence-corrected chi connectivity index (χ0v) is 38.3. The van der Waals surface area contributed by atoms with Crippen LogP contribution < -0.4 is 16.0 Å². The Labute approximate surface area is 371 Å². The molecule has 4 atom stereocenters. The molecular formula is C44H73N3O16. The first-order valence-corrected chi connectivity index (χ1v) is 21.8. The third-order valence-electron chi connectivity index (χ3n) is 9.63. The smallest absolute Gasteiger partial charge is 0.246 e. The number of ketones is 7. The quantitative estimate of drug-likeness (QED) is 0.0737. The number of amides is 3. The summed E-state index contributed by atoms with van der Waals surface area (Å²) < 4.78 is 31.8. The maximum Gasteiger partial charge on any atom is 0.246 e. The number of methoxy groups -OCH3 is 1. The molecule has 0 heterocycles. The third kappa shape index (κ3) is 33.1. The minimum atomic E-state index is -1.24. The number of carbonyl (C=O) groups is 10. The maximum absolute atomic E-state index is 13.3. The summed E-state index contributed by atoms with van der Waals surface area (Å²) in [7, 11) is 1.55. The van der Waals surface area contributed by atoms with E-state index in [0.717, 1.165) is 0 Å². The van der Waals surface area contributed by atoms with Crippen LogP contribution in [0.3, 0.4) is 0 Å². The van der Waals surface area contributed by atoms with Gasteiger partial charge in [-0.3, -0.25) is 38.4 Å². The molecule has 0 rings (SSSR count). The number of hydrogen-bond donors (Lipinski definition) is 3. The normalized spacial score (nSPS) is 13.0. The van der Waals surface area contributed by atoms with Crippen LogP contribution in [0.1, 0.15) is 112 Å². The van der Waals surface area contributed by atoms with E-state index in [1.54, 1.807) is 7.11 Å². The van der Waals surface area contributed by atoms with Crippen molar-refractivity contribution < 1.29 is 76.4 Å². The van der Waals surface area contributed by atoms with Crippen LogP contribution in [0.15, 0.2) is 0 Å². The lowest BCUT2D eigenvalue weighted by molar-refractivity contribution is -0.134. The fourth-order valence-corrected chi connectivity index (χ4v) is 5.97. The van der Waals surface area contributed by atoms with E-state index < -0.39 is 48.1 Å². The first-order chi connectivity index (χ1) is 30.0. The molecule has 0 radical (unpaired) electrons. The summed E-state index contributed by atoms with van der Waals surface area (Å²) in [5, 5.41) is 7.85. The lowest BCUT2D eigenvalue weighted by atomic mass is 9.91. The van der Waals surface area contributed by atoms with Crippen LogP contribution in [-0.2, 0) is 76.4 Å². The molecule has 63 heavy (non-hydrogen) atoms. The van der Waals surface area contributed by atoms with E-state index in [1.165, 1.54) is 27.7 Å². The second kappa shape index (κ2) is 37.3. The maximum atomic E-state index is 13.3. The van der Waals surface area contributed by atoms with Gasteiger partial charge in [-0.25, -0.2) is 0 Å². The van der Waals surface area contributed by atoms with Crippen LogP contribution in [0, 0.1) is 11.8 Å². The molecule has 0 bridgehead atoms. The monoisotopic (exact) mass is 899 g/mol. The Hall–Kier alpha value is -4.14. The van der Waals surface area contributed by atoms with Gasteiger partial charge in [0.25, 0.3) is 0 Å². The van der Waals surface area contributed by atoms with Gasteiger partial charge < -0.3 is 54.0 Å². The van der Waals surface area contributed by atoms with Crippen molar-refractivity contribution in [2.24, 2.45) is 11.8 Å². The Morgan fingerprint density at radius 3 is 1.67 bits per heavy atom. The molecule has 0 aliphatic carbocycles. The molecule has 4 unspecified atom stereocenters. The highest BCUT2D eigenvalue weighted by molar-refractivity contribution is 5.93. The number of hydrogen-bond acceptors (Lipinski definition) is 16. The lowest BCUT2D eigenvalue weighted by Crippen LogP contribution is -2.52. The molecule has 0 saturated carbocycles. The molecule has 360 valence electrons.